The van der Waals surface area contributed by atoms with Crippen LogP contribution in [0.5, 0.6) is 0 Å². The number of aromatic nitrogens is 1. The van der Waals surface area contributed by atoms with Crippen LogP contribution in [0, 0.1) is 0 Å². The Morgan fingerprint density at radius 2 is 1.56 bits per heavy atom. The molecule has 1 aromatic heterocycles. The summed E-state index contributed by atoms with van der Waals surface area (Å²) >= 11 is 5.78. The van der Waals surface area contributed by atoms with E-state index in [4.69, 9.17) is 11.6 Å². The number of hydrogen-bond donors (Lipinski definition) is 2. The van der Waals surface area contributed by atoms with E-state index in [0.717, 1.165) is 11.3 Å². The van der Waals surface area contributed by atoms with Gasteiger partial charge in [0.15, 0.2) is 0 Å². The molecule has 2 aromatic carbocycles. The minimum absolute atomic E-state index is 0.473. The predicted octanol–water partition coefficient (Wildman–Crippen LogP) is 3.61. The molecule has 1 heterocycles. The molecule has 7 heteroatoms. The number of anilines is 1. The van der Waals surface area contributed by atoms with Crippen molar-refractivity contribution < 1.29 is 9.59 Å². The van der Waals surface area contributed by atoms with Gasteiger partial charge >= 0.3 is 11.8 Å². The lowest BCUT2D eigenvalue weighted by Crippen LogP contribution is -2.32. The number of nitrogens with zero attached hydrogens (tertiary/aromatic N) is 2. The van der Waals surface area contributed by atoms with Crippen molar-refractivity contribution in [2.75, 3.05) is 5.32 Å². The van der Waals surface area contributed by atoms with E-state index in [-0.39, 0.29) is 0 Å². The summed E-state index contributed by atoms with van der Waals surface area (Å²) in [4.78, 5) is 23.8. The Hall–Kier alpha value is -3.38. The predicted molar refractivity (Wildman–Crippen MR) is 106 cm³/mol. The molecule has 0 bridgehead atoms. The lowest BCUT2D eigenvalue weighted by Gasteiger charge is -2.06. The Labute approximate surface area is 161 Å². The van der Waals surface area contributed by atoms with Crippen molar-refractivity contribution in [3.63, 3.8) is 0 Å². The molecular weight excluding hydrogens is 364 g/mol. The second kappa shape index (κ2) is 8.33. The molecule has 0 saturated carbocycles. The van der Waals surface area contributed by atoms with Gasteiger partial charge in [0.1, 0.15) is 0 Å². The number of rotatable bonds is 4. The average molecular weight is 381 g/mol. The number of nitrogens with one attached hydrogen (secondary N) is 2. The number of hydrazone groups is 1. The normalized spacial score (nSPS) is 11.1. The summed E-state index contributed by atoms with van der Waals surface area (Å²) in [5.74, 6) is -1.66. The monoisotopic (exact) mass is 380 g/mol. The zero-order valence-electron chi connectivity index (χ0n) is 14.5. The van der Waals surface area contributed by atoms with E-state index in [1.54, 1.807) is 31.2 Å². The molecule has 2 amide bonds. The molecule has 27 heavy (non-hydrogen) atoms. The van der Waals surface area contributed by atoms with Crippen molar-refractivity contribution in [1.29, 1.82) is 0 Å². The molecule has 0 fully saturated rings. The fourth-order valence-electron chi connectivity index (χ4n) is 2.35. The Balaban J connectivity index is 1.59. The first-order valence-corrected chi connectivity index (χ1v) is 8.56. The van der Waals surface area contributed by atoms with E-state index in [0.29, 0.717) is 16.4 Å². The standard InChI is InChI=1S/C20H17ClN4O2/c1-14(15-4-10-18(11-5-15)25-12-2-3-13-25)23-24-20(27)19(26)22-17-8-6-16(21)7-9-17/h2-13H,1H3,(H,22,26)(H,24,27)/b23-14+. The molecule has 0 radical (unpaired) electrons. The molecule has 6 nitrogen and oxygen atoms in total. The van der Waals surface area contributed by atoms with Gasteiger partial charge < -0.3 is 9.88 Å². The molecule has 0 unspecified atom stereocenters. The van der Waals surface area contributed by atoms with Crippen LogP contribution in [0.3, 0.4) is 0 Å². The van der Waals surface area contributed by atoms with Crippen LogP contribution >= 0.6 is 11.6 Å². The molecular formula is C20H17ClN4O2. The highest BCUT2D eigenvalue weighted by Crippen LogP contribution is 2.13. The fraction of sp³-hybridized carbons (Fsp3) is 0.0500. The molecule has 0 aliphatic heterocycles. The third kappa shape index (κ3) is 4.83. The summed E-state index contributed by atoms with van der Waals surface area (Å²) in [6, 6.07) is 18.0. The fourth-order valence-corrected chi connectivity index (χ4v) is 2.48. The van der Waals surface area contributed by atoms with Crippen LogP contribution in [0.1, 0.15) is 12.5 Å². The van der Waals surface area contributed by atoms with Gasteiger partial charge in [-0.25, -0.2) is 5.43 Å². The van der Waals surface area contributed by atoms with Crippen LogP contribution in [0.15, 0.2) is 78.2 Å². The van der Waals surface area contributed by atoms with E-state index < -0.39 is 11.8 Å². The highest BCUT2D eigenvalue weighted by Gasteiger charge is 2.13. The summed E-state index contributed by atoms with van der Waals surface area (Å²) in [5.41, 5.74) is 5.17. The number of carbonyl (C=O) groups excluding carboxylic acids is 2. The second-order valence-corrected chi connectivity index (χ2v) is 6.17. The first kappa shape index (κ1) is 18.4. The number of carbonyl (C=O) groups is 2. The van der Waals surface area contributed by atoms with E-state index in [9.17, 15) is 9.59 Å². The van der Waals surface area contributed by atoms with Crippen molar-refractivity contribution in [2.24, 2.45) is 5.10 Å². The zero-order chi connectivity index (χ0) is 19.2. The third-order valence-corrected chi connectivity index (χ3v) is 4.07. The van der Waals surface area contributed by atoms with Crippen LogP contribution in [0.2, 0.25) is 5.02 Å². The second-order valence-electron chi connectivity index (χ2n) is 5.74. The number of amides is 2. The molecule has 0 aliphatic rings. The molecule has 0 spiro atoms. The summed E-state index contributed by atoms with van der Waals surface area (Å²) in [6.45, 7) is 1.75. The van der Waals surface area contributed by atoms with Crippen molar-refractivity contribution in [2.45, 2.75) is 6.92 Å². The van der Waals surface area contributed by atoms with Gasteiger partial charge in [-0.3, -0.25) is 9.59 Å². The average Bonchev–Trinajstić information content (AvgIpc) is 3.22. The SMILES string of the molecule is C/C(=N\NC(=O)C(=O)Nc1ccc(Cl)cc1)c1ccc(-n2cccc2)cc1. The topological polar surface area (TPSA) is 75.5 Å². The van der Waals surface area contributed by atoms with Gasteiger partial charge in [-0.1, -0.05) is 23.7 Å². The molecule has 2 N–H and O–H groups in total. The summed E-state index contributed by atoms with van der Waals surface area (Å²) < 4.78 is 1.99. The minimum Gasteiger partial charge on any atom is -0.324 e. The Morgan fingerprint density at radius 1 is 0.926 bits per heavy atom. The van der Waals surface area contributed by atoms with E-state index in [1.807, 2.05) is 53.4 Å². The Morgan fingerprint density at radius 3 is 2.19 bits per heavy atom. The Kier molecular flexibility index (Phi) is 5.68. The first-order chi connectivity index (χ1) is 13.0. The van der Waals surface area contributed by atoms with Crippen LogP contribution in [-0.2, 0) is 9.59 Å². The van der Waals surface area contributed by atoms with Gasteiger partial charge in [0, 0.05) is 28.8 Å². The van der Waals surface area contributed by atoms with E-state index >= 15 is 0 Å². The van der Waals surface area contributed by atoms with Gasteiger partial charge in [-0.15, -0.1) is 0 Å². The molecule has 0 saturated heterocycles. The lowest BCUT2D eigenvalue weighted by atomic mass is 10.1. The number of benzene rings is 2. The number of hydrogen-bond acceptors (Lipinski definition) is 3. The first-order valence-electron chi connectivity index (χ1n) is 8.18. The van der Waals surface area contributed by atoms with Crippen LogP contribution < -0.4 is 10.7 Å². The molecule has 0 aliphatic carbocycles. The summed E-state index contributed by atoms with van der Waals surface area (Å²) in [5, 5.41) is 7.01. The van der Waals surface area contributed by atoms with E-state index in [1.165, 1.54) is 0 Å². The van der Waals surface area contributed by atoms with E-state index in [2.05, 4.69) is 15.8 Å². The molecule has 3 aromatic rings. The lowest BCUT2D eigenvalue weighted by molar-refractivity contribution is -0.136. The van der Waals surface area contributed by atoms with Gasteiger partial charge in [0.2, 0.25) is 0 Å². The van der Waals surface area contributed by atoms with Crippen molar-refractivity contribution >= 4 is 34.8 Å². The van der Waals surface area contributed by atoms with Crippen molar-refractivity contribution in [1.82, 2.24) is 9.99 Å². The summed E-state index contributed by atoms with van der Waals surface area (Å²) in [7, 11) is 0. The highest BCUT2D eigenvalue weighted by atomic mass is 35.5. The quantitative estimate of drug-likeness (QED) is 0.412. The zero-order valence-corrected chi connectivity index (χ0v) is 15.3. The van der Waals surface area contributed by atoms with Gasteiger partial charge in [-0.05, 0) is 61.0 Å². The molecule has 0 atom stereocenters. The maximum atomic E-state index is 11.9. The Bertz CT molecular complexity index is 962. The maximum absolute atomic E-state index is 11.9. The van der Waals surface area contributed by atoms with Crippen LogP contribution in [-0.4, -0.2) is 22.1 Å². The van der Waals surface area contributed by atoms with Gasteiger partial charge in [0.05, 0.1) is 5.71 Å². The van der Waals surface area contributed by atoms with Crippen LogP contribution in [0.25, 0.3) is 5.69 Å². The van der Waals surface area contributed by atoms with Gasteiger partial charge in [-0.2, -0.15) is 5.10 Å². The smallest absolute Gasteiger partial charge is 0.324 e. The maximum Gasteiger partial charge on any atom is 0.329 e. The van der Waals surface area contributed by atoms with Gasteiger partial charge in [0.25, 0.3) is 0 Å². The van der Waals surface area contributed by atoms with Crippen LogP contribution in [0.4, 0.5) is 5.69 Å². The molecule has 3 rings (SSSR count). The van der Waals surface area contributed by atoms with Crippen molar-refractivity contribution in [3.05, 3.63) is 83.6 Å². The molecule has 136 valence electrons. The summed E-state index contributed by atoms with van der Waals surface area (Å²) in [6.07, 6.45) is 3.91. The highest BCUT2D eigenvalue weighted by molar-refractivity contribution is 6.39. The largest absolute Gasteiger partial charge is 0.329 e. The minimum atomic E-state index is -0.853. The number of halogens is 1. The van der Waals surface area contributed by atoms with Crippen molar-refractivity contribution in [3.8, 4) is 5.69 Å². The third-order valence-electron chi connectivity index (χ3n) is 3.82.